The summed E-state index contributed by atoms with van der Waals surface area (Å²) in [5, 5.41) is 2.94. The number of nitrogens with zero attached hydrogens (tertiary/aromatic N) is 2. The summed E-state index contributed by atoms with van der Waals surface area (Å²) in [5.74, 6) is -0.726. The van der Waals surface area contributed by atoms with Crippen LogP contribution in [0.3, 0.4) is 0 Å². The number of aromatic amines is 1. The first-order valence-corrected chi connectivity index (χ1v) is 11.4. The molecule has 0 saturated heterocycles. The van der Waals surface area contributed by atoms with Crippen LogP contribution < -0.4 is 10.9 Å². The second-order valence-corrected chi connectivity index (χ2v) is 9.47. The second-order valence-electron chi connectivity index (χ2n) is 6.86. The number of halogens is 1. The molecule has 0 aliphatic carbocycles. The summed E-state index contributed by atoms with van der Waals surface area (Å²) in [5.41, 5.74) is 2.94. The Kier molecular flexibility index (Phi) is 6.03. The Balaban J connectivity index is 1.58. The summed E-state index contributed by atoms with van der Waals surface area (Å²) in [6, 6.07) is 12.3. The molecular weight excluding hydrogens is 455 g/mol. The minimum absolute atomic E-state index is 0.000652. The van der Waals surface area contributed by atoms with Crippen LogP contribution in [0.15, 0.2) is 52.4 Å². The van der Waals surface area contributed by atoms with Gasteiger partial charge in [-0.3, -0.25) is 14.2 Å². The van der Waals surface area contributed by atoms with E-state index in [1.807, 2.05) is 31.2 Å². The van der Waals surface area contributed by atoms with Crippen molar-refractivity contribution in [2.75, 3.05) is 11.1 Å². The lowest BCUT2D eigenvalue weighted by atomic mass is 10.2. The number of hydrogen-bond donors (Lipinski definition) is 2. The maximum Gasteiger partial charge on any atom is 0.271 e. The number of thioether (sulfide) groups is 1. The van der Waals surface area contributed by atoms with E-state index in [0.29, 0.717) is 30.7 Å². The summed E-state index contributed by atoms with van der Waals surface area (Å²) < 4.78 is 16.3. The van der Waals surface area contributed by atoms with Crippen molar-refractivity contribution in [3.8, 4) is 5.69 Å². The number of amides is 1. The molecule has 4 aromatic rings. The molecule has 0 fully saturated rings. The Morgan fingerprint density at radius 1 is 1.26 bits per heavy atom. The summed E-state index contributed by atoms with van der Waals surface area (Å²) in [6.07, 6.45) is 0. The number of carbonyl (C=O) groups is 1. The molecule has 1 amide bonds. The Morgan fingerprint density at radius 2 is 2.00 bits per heavy atom. The highest BCUT2D eigenvalue weighted by atomic mass is 32.2. The van der Waals surface area contributed by atoms with Gasteiger partial charge in [-0.15, -0.1) is 0 Å². The smallest absolute Gasteiger partial charge is 0.271 e. The second kappa shape index (κ2) is 8.74. The third kappa shape index (κ3) is 4.60. The summed E-state index contributed by atoms with van der Waals surface area (Å²) in [4.78, 5) is 32.0. The third-order valence-corrected chi connectivity index (χ3v) is 6.74. The molecule has 0 radical (unpaired) electrons. The molecule has 4 rings (SSSR count). The minimum atomic E-state index is -0.389. The number of nitrogens with one attached hydrogen (secondary N) is 2. The van der Waals surface area contributed by atoms with Crippen LogP contribution in [0.4, 0.5) is 10.1 Å². The van der Waals surface area contributed by atoms with Gasteiger partial charge >= 0.3 is 0 Å². The van der Waals surface area contributed by atoms with Crippen LogP contribution >= 0.6 is 35.3 Å². The van der Waals surface area contributed by atoms with E-state index in [9.17, 15) is 14.0 Å². The van der Waals surface area contributed by atoms with Crippen LogP contribution in [0.1, 0.15) is 11.1 Å². The fourth-order valence-electron chi connectivity index (χ4n) is 2.88. The number of fused-ring (bicyclic) bond motifs is 1. The van der Waals surface area contributed by atoms with Gasteiger partial charge in [-0.2, -0.15) is 0 Å². The number of benzene rings is 2. The Hall–Kier alpha value is -2.82. The van der Waals surface area contributed by atoms with Crippen LogP contribution in [-0.2, 0) is 4.79 Å². The van der Waals surface area contributed by atoms with Gasteiger partial charge < -0.3 is 10.3 Å². The predicted molar refractivity (Wildman–Crippen MR) is 126 cm³/mol. The zero-order valence-electron chi connectivity index (χ0n) is 16.6. The highest BCUT2D eigenvalue weighted by Crippen LogP contribution is 2.25. The summed E-state index contributed by atoms with van der Waals surface area (Å²) in [6.45, 7) is 3.64. The van der Waals surface area contributed by atoms with Gasteiger partial charge in [-0.1, -0.05) is 46.9 Å². The molecule has 0 atom stereocenters. The van der Waals surface area contributed by atoms with Gasteiger partial charge in [-0.05, 0) is 55.9 Å². The third-order valence-electron chi connectivity index (χ3n) is 4.51. The molecule has 0 aliphatic heterocycles. The van der Waals surface area contributed by atoms with E-state index in [-0.39, 0.29) is 23.0 Å². The Labute approximate surface area is 190 Å². The van der Waals surface area contributed by atoms with Gasteiger partial charge in [0.2, 0.25) is 5.91 Å². The number of carbonyl (C=O) groups excluding carboxylic acids is 1. The molecule has 0 aliphatic rings. The van der Waals surface area contributed by atoms with E-state index < -0.39 is 0 Å². The van der Waals surface area contributed by atoms with Crippen LogP contribution in [0, 0.1) is 23.6 Å². The number of aryl methyl sites for hydroxylation is 2. The first kappa shape index (κ1) is 21.4. The molecule has 2 aromatic carbocycles. The zero-order valence-corrected chi connectivity index (χ0v) is 19.0. The lowest BCUT2D eigenvalue weighted by Gasteiger charge is -2.07. The molecule has 0 spiro atoms. The first-order chi connectivity index (χ1) is 14.8. The van der Waals surface area contributed by atoms with E-state index in [1.165, 1.54) is 17.4 Å². The van der Waals surface area contributed by atoms with Crippen molar-refractivity contribution >= 4 is 57.3 Å². The molecular formula is C21H17FN4O2S3. The van der Waals surface area contributed by atoms with Crippen molar-refractivity contribution in [2.24, 2.45) is 0 Å². The highest BCUT2D eigenvalue weighted by molar-refractivity contribution is 7.99. The maximum absolute atomic E-state index is 13.7. The molecule has 2 heterocycles. The standard InChI is InChI=1S/C21H17FN4O2S3/c1-11-3-7-14(8-4-11)26-18-17(31-21(26)29)19(28)25-20(24-18)30-10-16(27)23-13-6-5-12(2)15(22)9-13/h3-9H,10H2,1-2H3,(H,23,27)(H,24,25,28). The van der Waals surface area contributed by atoms with Gasteiger partial charge in [-0.25, -0.2) is 9.37 Å². The van der Waals surface area contributed by atoms with Crippen LogP contribution in [0.25, 0.3) is 16.0 Å². The molecule has 2 aromatic heterocycles. The molecule has 6 nitrogen and oxygen atoms in total. The molecule has 2 N–H and O–H groups in total. The van der Waals surface area contributed by atoms with E-state index in [0.717, 1.165) is 23.0 Å². The first-order valence-electron chi connectivity index (χ1n) is 9.23. The topological polar surface area (TPSA) is 79.8 Å². The molecule has 158 valence electrons. The number of anilines is 1. The van der Waals surface area contributed by atoms with Gasteiger partial charge in [0.25, 0.3) is 5.56 Å². The zero-order chi connectivity index (χ0) is 22.1. The number of H-pyrrole nitrogens is 1. The van der Waals surface area contributed by atoms with Crippen LogP contribution in [0.5, 0.6) is 0 Å². The van der Waals surface area contributed by atoms with E-state index >= 15 is 0 Å². The predicted octanol–water partition coefficient (Wildman–Crippen LogP) is 4.99. The molecule has 0 saturated carbocycles. The Bertz CT molecular complexity index is 1410. The summed E-state index contributed by atoms with van der Waals surface area (Å²) >= 11 is 7.73. The van der Waals surface area contributed by atoms with Gasteiger partial charge in [0.05, 0.1) is 5.75 Å². The maximum atomic E-state index is 13.7. The normalized spacial score (nSPS) is 11.1. The van der Waals surface area contributed by atoms with Crippen molar-refractivity contribution in [1.82, 2.24) is 14.5 Å². The fourth-order valence-corrected chi connectivity index (χ4v) is 4.81. The van der Waals surface area contributed by atoms with Gasteiger partial charge in [0.15, 0.2) is 14.8 Å². The average molecular weight is 473 g/mol. The highest BCUT2D eigenvalue weighted by Gasteiger charge is 2.15. The lowest BCUT2D eigenvalue weighted by Crippen LogP contribution is -2.15. The van der Waals surface area contributed by atoms with Crippen molar-refractivity contribution in [3.63, 3.8) is 0 Å². The van der Waals surface area contributed by atoms with Crippen molar-refractivity contribution in [1.29, 1.82) is 0 Å². The number of rotatable bonds is 5. The molecule has 31 heavy (non-hydrogen) atoms. The molecule has 0 unspecified atom stereocenters. The summed E-state index contributed by atoms with van der Waals surface area (Å²) in [7, 11) is 0. The van der Waals surface area contributed by atoms with Gasteiger partial charge in [0.1, 0.15) is 10.5 Å². The quantitative estimate of drug-likeness (QED) is 0.243. The fraction of sp³-hybridized carbons (Fsp3) is 0.143. The van der Waals surface area contributed by atoms with Crippen molar-refractivity contribution in [2.45, 2.75) is 19.0 Å². The van der Waals surface area contributed by atoms with Crippen LogP contribution in [-0.4, -0.2) is 26.2 Å². The number of aromatic nitrogens is 3. The van der Waals surface area contributed by atoms with Crippen LogP contribution in [0.2, 0.25) is 0 Å². The van der Waals surface area contributed by atoms with E-state index in [1.54, 1.807) is 23.6 Å². The average Bonchev–Trinajstić information content (AvgIpc) is 3.06. The number of thiazole rings is 1. The van der Waals surface area contributed by atoms with Gasteiger partial charge in [0, 0.05) is 11.4 Å². The van der Waals surface area contributed by atoms with E-state index in [4.69, 9.17) is 12.2 Å². The largest absolute Gasteiger partial charge is 0.325 e. The Morgan fingerprint density at radius 3 is 2.71 bits per heavy atom. The lowest BCUT2D eigenvalue weighted by molar-refractivity contribution is -0.113. The molecule has 10 heteroatoms. The monoisotopic (exact) mass is 472 g/mol. The molecule has 0 bridgehead atoms. The number of hydrogen-bond acceptors (Lipinski definition) is 6. The van der Waals surface area contributed by atoms with Crippen molar-refractivity contribution in [3.05, 3.63) is 73.7 Å². The SMILES string of the molecule is Cc1ccc(-n2c(=S)sc3c(=O)[nH]c(SCC(=O)Nc4ccc(C)c(F)c4)nc32)cc1. The van der Waals surface area contributed by atoms with Crippen molar-refractivity contribution < 1.29 is 9.18 Å². The minimum Gasteiger partial charge on any atom is -0.325 e. The van der Waals surface area contributed by atoms with E-state index in [2.05, 4.69) is 15.3 Å².